The molecular formula is C24H24N2O4S. The lowest BCUT2D eigenvalue weighted by atomic mass is 10.0. The molecule has 1 heterocycles. The highest BCUT2D eigenvalue weighted by Crippen LogP contribution is 2.41. The number of ether oxygens (including phenoxy) is 2. The van der Waals surface area contributed by atoms with Crippen molar-refractivity contribution >= 4 is 26.7 Å². The van der Waals surface area contributed by atoms with Crippen molar-refractivity contribution < 1.29 is 17.9 Å². The van der Waals surface area contributed by atoms with Crippen molar-refractivity contribution in [2.75, 3.05) is 18.9 Å². The van der Waals surface area contributed by atoms with E-state index < -0.39 is 10.0 Å². The third kappa shape index (κ3) is 3.84. The van der Waals surface area contributed by atoms with Gasteiger partial charge < -0.3 is 14.0 Å². The van der Waals surface area contributed by atoms with E-state index in [1.807, 2.05) is 54.9 Å². The zero-order valence-corrected chi connectivity index (χ0v) is 18.7. The minimum atomic E-state index is -3.80. The standard InChI is InChI=1S/C24H24N2O4S/c1-16-9-11-20(12-10-16)31(27,28)25-24-23(21-7-5-6-8-22(21)26(24)2)17-13-18(29-3)15-19(14-17)30-4/h5-15,25H,1-4H3. The fourth-order valence-corrected chi connectivity index (χ4v) is 4.77. The van der Waals surface area contributed by atoms with Crippen LogP contribution in [-0.2, 0) is 17.1 Å². The van der Waals surface area contributed by atoms with Gasteiger partial charge in [-0.05, 0) is 42.8 Å². The van der Waals surface area contributed by atoms with Crippen LogP contribution in [0, 0.1) is 6.92 Å². The van der Waals surface area contributed by atoms with E-state index in [1.54, 1.807) is 44.6 Å². The maximum atomic E-state index is 13.2. The van der Waals surface area contributed by atoms with Crippen molar-refractivity contribution in [3.8, 4) is 22.6 Å². The summed E-state index contributed by atoms with van der Waals surface area (Å²) < 4.78 is 41.9. The molecule has 0 fully saturated rings. The Morgan fingerprint density at radius 2 is 1.48 bits per heavy atom. The fraction of sp³-hybridized carbons (Fsp3) is 0.167. The van der Waals surface area contributed by atoms with Gasteiger partial charge in [0.05, 0.1) is 24.6 Å². The number of aryl methyl sites for hydroxylation is 2. The second kappa shape index (κ2) is 8.00. The van der Waals surface area contributed by atoms with Gasteiger partial charge >= 0.3 is 0 Å². The molecule has 0 bridgehead atoms. The van der Waals surface area contributed by atoms with Gasteiger partial charge in [0, 0.05) is 24.1 Å². The third-order valence-electron chi connectivity index (χ3n) is 5.31. The molecule has 6 nitrogen and oxygen atoms in total. The van der Waals surface area contributed by atoms with E-state index >= 15 is 0 Å². The van der Waals surface area contributed by atoms with Crippen LogP contribution in [-0.4, -0.2) is 27.2 Å². The number of nitrogens with one attached hydrogen (secondary N) is 1. The molecule has 31 heavy (non-hydrogen) atoms. The minimum Gasteiger partial charge on any atom is -0.497 e. The van der Waals surface area contributed by atoms with Gasteiger partial charge in [0.25, 0.3) is 10.0 Å². The quantitative estimate of drug-likeness (QED) is 0.463. The molecule has 3 aromatic carbocycles. The average Bonchev–Trinajstić information content (AvgIpc) is 3.05. The summed E-state index contributed by atoms with van der Waals surface area (Å²) in [6.07, 6.45) is 0. The number of benzene rings is 3. The number of methoxy groups -OCH3 is 2. The van der Waals surface area contributed by atoms with E-state index in [2.05, 4.69) is 4.72 Å². The first kappa shape index (κ1) is 20.8. The summed E-state index contributed by atoms with van der Waals surface area (Å²) in [5.74, 6) is 1.71. The average molecular weight is 437 g/mol. The molecule has 0 saturated carbocycles. The molecule has 7 heteroatoms. The number of aromatic nitrogens is 1. The first-order valence-electron chi connectivity index (χ1n) is 9.74. The molecular weight excluding hydrogens is 412 g/mol. The topological polar surface area (TPSA) is 69.6 Å². The van der Waals surface area contributed by atoms with Gasteiger partial charge in [-0.15, -0.1) is 0 Å². The number of para-hydroxylation sites is 1. The van der Waals surface area contributed by atoms with E-state index in [0.29, 0.717) is 17.3 Å². The SMILES string of the molecule is COc1cc(OC)cc(-c2c(NS(=O)(=O)c3ccc(C)cc3)n(C)c3ccccc23)c1. The Hall–Kier alpha value is -3.45. The predicted octanol–water partition coefficient (Wildman–Crippen LogP) is 4.97. The molecule has 0 aliphatic rings. The largest absolute Gasteiger partial charge is 0.497 e. The normalized spacial score (nSPS) is 11.5. The number of rotatable bonds is 6. The van der Waals surface area contributed by atoms with E-state index in [-0.39, 0.29) is 4.90 Å². The molecule has 4 aromatic rings. The second-order valence-corrected chi connectivity index (χ2v) is 9.00. The fourth-order valence-electron chi connectivity index (χ4n) is 3.66. The zero-order valence-electron chi connectivity index (χ0n) is 17.8. The van der Waals surface area contributed by atoms with Gasteiger partial charge in [0.15, 0.2) is 0 Å². The number of nitrogens with zero attached hydrogens (tertiary/aromatic N) is 1. The number of hydrogen-bond acceptors (Lipinski definition) is 4. The Morgan fingerprint density at radius 1 is 0.871 bits per heavy atom. The number of anilines is 1. The van der Waals surface area contributed by atoms with Crippen LogP contribution in [0.25, 0.3) is 22.0 Å². The lowest BCUT2D eigenvalue weighted by Crippen LogP contribution is -2.15. The molecule has 0 aliphatic heterocycles. The molecule has 160 valence electrons. The van der Waals surface area contributed by atoms with Gasteiger partial charge in [-0.2, -0.15) is 0 Å². The van der Waals surface area contributed by atoms with Crippen molar-refractivity contribution in [2.45, 2.75) is 11.8 Å². The summed E-state index contributed by atoms with van der Waals surface area (Å²) in [4.78, 5) is 0.206. The Balaban J connectivity index is 1.95. The smallest absolute Gasteiger partial charge is 0.263 e. The zero-order chi connectivity index (χ0) is 22.2. The van der Waals surface area contributed by atoms with Crippen LogP contribution in [0.1, 0.15) is 5.56 Å². The molecule has 1 N–H and O–H groups in total. The summed E-state index contributed by atoms with van der Waals surface area (Å²) in [7, 11) is 1.22. The van der Waals surface area contributed by atoms with Crippen LogP contribution in [0.5, 0.6) is 11.5 Å². The number of sulfonamides is 1. The number of hydrogen-bond donors (Lipinski definition) is 1. The molecule has 0 spiro atoms. The summed E-state index contributed by atoms with van der Waals surface area (Å²) in [5, 5.41) is 0.918. The summed E-state index contributed by atoms with van der Waals surface area (Å²) in [6.45, 7) is 1.92. The van der Waals surface area contributed by atoms with Gasteiger partial charge in [-0.1, -0.05) is 35.9 Å². The molecule has 4 rings (SSSR count). The summed E-state index contributed by atoms with van der Waals surface area (Å²) in [5.41, 5.74) is 3.44. The van der Waals surface area contributed by atoms with E-state index in [1.165, 1.54) is 0 Å². The van der Waals surface area contributed by atoms with E-state index in [4.69, 9.17) is 9.47 Å². The molecule has 0 saturated heterocycles. The monoisotopic (exact) mass is 436 g/mol. The highest BCUT2D eigenvalue weighted by molar-refractivity contribution is 7.92. The van der Waals surface area contributed by atoms with Crippen molar-refractivity contribution in [1.82, 2.24) is 4.57 Å². The van der Waals surface area contributed by atoms with Crippen molar-refractivity contribution in [3.63, 3.8) is 0 Å². The molecule has 0 radical (unpaired) electrons. The van der Waals surface area contributed by atoms with Crippen molar-refractivity contribution in [2.24, 2.45) is 7.05 Å². The van der Waals surface area contributed by atoms with E-state index in [9.17, 15) is 8.42 Å². The second-order valence-electron chi connectivity index (χ2n) is 7.32. The van der Waals surface area contributed by atoms with Crippen LogP contribution in [0.15, 0.2) is 71.6 Å². The lowest BCUT2D eigenvalue weighted by Gasteiger charge is -2.14. The highest BCUT2D eigenvalue weighted by atomic mass is 32.2. The first-order chi connectivity index (χ1) is 14.8. The Labute approximate surface area is 182 Å². The molecule has 0 aliphatic carbocycles. The predicted molar refractivity (Wildman–Crippen MR) is 123 cm³/mol. The Kier molecular flexibility index (Phi) is 5.37. The van der Waals surface area contributed by atoms with Crippen LogP contribution < -0.4 is 14.2 Å². The lowest BCUT2D eigenvalue weighted by molar-refractivity contribution is 0.394. The van der Waals surface area contributed by atoms with E-state index in [0.717, 1.165) is 27.6 Å². The molecule has 1 aromatic heterocycles. The van der Waals surface area contributed by atoms with Crippen LogP contribution in [0.4, 0.5) is 5.82 Å². The first-order valence-corrected chi connectivity index (χ1v) is 11.2. The van der Waals surface area contributed by atoms with Crippen LogP contribution in [0.3, 0.4) is 0 Å². The summed E-state index contributed by atoms with van der Waals surface area (Å²) >= 11 is 0. The molecule has 0 amide bonds. The Bertz CT molecular complexity index is 1330. The highest BCUT2D eigenvalue weighted by Gasteiger charge is 2.23. The Morgan fingerprint density at radius 3 is 2.10 bits per heavy atom. The third-order valence-corrected chi connectivity index (χ3v) is 6.66. The van der Waals surface area contributed by atoms with Gasteiger partial charge in [0.2, 0.25) is 0 Å². The summed E-state index contributed by atoms with van der Waals surface area (Å²) in [6, 6.07) is 20.1. The maximum absolute atomic E-state index is 13.2. The minimum absolute atomic E-state index is 0.206. The molecule has 0 unspecified atom stereocenters. The van der Waals surface area contributed by atoms with Crippen LogP contribution >= 0.6 is 0 Å². The van der Waals surface area contributed by atoms with Gasteiger partial charge in [-0.3, -0.25) is 4.72 Å². The molecule has 0 atom stereocenters. The van der Waals surface area contributed by atoms with Gasteiger partial charge in [-0.25, -0.2) is 8.42 Å². The van der Waals surface area contributed by atoms with Crippen molar-refractivity contribution in [1.29, 1.82) is 0 Å². The van der Waals surface area contributed by atoms with Crippen molar-refractivity contribution in [3.05, 3.63) is 72.3 Å². The number of fused-ring (bicyclic) bond motifs is 1. The van der Waals surface area contributed by atoms with Gasteiger partial charge in [0.1, 0.15) is 17.3 Å². The maximum Gasteiger partial charge on any atom is 0.263 e. The van der Waals surface area contributed by atoms with Crippen LogP contribution in [0.2, 0.25) is 0 Å².